The molecule has 0 aromatic rings. The van der Waals surface area contributed by atoms with Gasteiger partial charge < -0.3 is 10.1 Å². The number of hydrogen-bond acceptors (Lipinski definition) is 3. The van der Waals surface area contributed by atoms with Crippen molar-refractivity contribution in [3.8, 4) is 0 Å². The van der Waals surface area contributed by atoms with E-state index in [1.807, 2.05) is 4.90 Å². The molecule has 0 aromatic carbocycles. The Morgan fingerprint density at radius 3 is 2.64 bits per heavy atom. The minimum absolute atomic E-state index is 0.132. The van der Waals surface area contributed by atoms with Crippen molar-refractivity contribution in [1.29, 1.82) is 0 Å². The Balaban J connectivity index is 2.00. The van der Waals surface area contributed by atoms with Crippen LogP contribution in [0.15, 0.2) is 0 Å². The van der Waals surface area contributed by atoms with Crippen LogP contribution >= 0.6 is 0 Å². The Bertz CT molecular complexity index is 183. The lowest BCUT2D eigenvalue weighted by Crippen LogP contribution is -2.76. The number of likely N-dealkylation sites (tertiary alicyclic amines) is 1. The lowest BCUT2D eigenvalue weighted by atomic mass is 9.80. The van der Waals surface area contributed by atoms with Gasteiger partial charge in [-0.3, -0.25) is 4.90 Å². The quantitative estimate of drug-likeness (QED) is 0.528. The van der Waals surface area contributed by atoms with Crippen LogP contribution in [0.2, 0.25) is 0 Å². The van der Waals surface area contributed by atoms with Gasteiger partial charge in [0.15, 0.2) is 0 Å². The van der Waals surface area contributed by atoms with Gasteiger partial charge in [0.1, 0.15) is 0 Å². The van der Waals surface area contributed by atoms with Gasteiger partial charge in [-0.15, -0.1) is 0 Å². The second kappa shape index (κ2) is 2.11. The Hall–Kier alpha value is -0.770. The summed E-state index contributed by atoms with van der Waals surface area (Å²) in [5.74, 6) is 0. The summed E-state index contributed by atoms with van der Waals surface area (Å²) in [5, 5.41) is 3.16. The monoisotopic (exact) mass is 156 g/mol. The van der Waals surface area contributed by atoms with Crippen LogP contribution < -0.4 is 5.32 Å². The third-order valence-electron chi connectivity index (χ3n) is 2.68. The molecule has 2 saturated heterocycles. The molecular weight excluding hydrogens is 144 g/mol. The third-order valence-corrected chi connectivity index (χ3v) is 2.68. The van der Waals surface area contributed by atoms with E-state index in [0.717, 1.165) is 26.1 Å². The number of hydrogen-bond donors (Lipinski definition) is 1. The fraction of sp³-hybridized carbons (Fsp3) is 0.857. The zero-order chi connectivity index (χ0) is 7.90. The van der Waals surface area contributed by atoms with Crippen LogP contribution in [-0.4, -0.2) is 43.3 Å². The van der Waals surface area contributed by atoms with Crippen LogP contribution in [-0.2, 0) is 4.74 Å². The van der Waals surface area contributed by atoms with Crippen molar-refractivity contribution in [3.63, 3.8) is 0 Å². The Kier molecular flexibility index (Phi) is 1.32. The van der Waals surface area contributed by atoms with E-state index in [0.29, 0.717) is 0 Å². The number of rotatable bonds is 0. The highest BCUT2D eigenvalue weighted by molar-refractivity contribution is 5.70. The molecular formula is C7H12N2O2. The first kappa shape index (κ1) is 6.91. The predicted octanol–water partition coefficient (Wildman–Crippen LogP) is -0.199. The second-order valence-electron chi connectivity index (χ2n) is 3.20. The molecule has 1 N–H and O–H groups in total. The molecule has 2 heterocycles. The van der Waals surface area contributed by atoms with Gasteiger partial charge in [0.2, 0.25) is 0 Å². The van der Waals surface area contributed by atoms with Crippen molar-refractivity contribution in [1.82, 2.24) is 10.2 Å². The molecule has 0 aromatic heterocycles. The fourth-order valence-electron chi connectivity index (χ4n) is 1.72. The van der Waals surface area contributed by atoms with Crippen LogP contribution in [0.5, 0.6) is 0 Å². The number of nitrogens with one attached hydrogen (secondary N) is 1. The van der Waals surface area contributed by atoms with Gasteiger partial charge in [-0.2, -0.15) is 0 Å². The van der Waals surface area contributed by atoms with Crippen molar-refractivity contribution >= 4 is 6.09 Å². The topological polar surface area (TPSA) is 41.6 Å². The Labute approximate surface area is 65.5 Å². The summed E-state index contributed by atoms with van der Waals surface area (Å²) in [4.78, 5) is 12.9. The number of ether oxygens (including phenoxy) is 1. The molecule has 2 aliphatic rings. The summed E-state index contributed by atoms with van der Waals surface area (Å²) in [6.45, 7) is 2.72. The summed E-state index contributed by atoms with van der Waals surface area (Å²) in [6, 6.07) is 0. The van der Waals surface area contributed by atoms with Crippen LogP contribution in [0.3, 0.4) is 0 Å². The van der Waals surface area contributed by atoms with Gasteiger partial charge in [0.25, 0.3) is 0 Å². The van der Waals surface area contributed by atoms with E-state index in [2.05, 4.69) is 10.1 Å². The normalized spacial score (nSPS) is 25.7. The molecule has 1 spiro atoms. The molecule has 0 radical (unpaired) electrons. The molecule has 62 valence electrons. The molecule has 2 aliphatic heterocycles. The highest BCUT2D eigenvalue weighted by Gasteiger charge is 2.52. The third kappa shape index (κ3) is 0.758. The lowest BCUT2D eigenvalue weighted by molar-refractivity contribution is -0.0397. The predicted molar refractivity (Wildman–Crippen MR) is 39.3 cm³/mol. The number of carbonyl (C=O) groups is 1. The van der Waals surface area contributed by atoms with E-state index in [1.54, 1.807) is 0 Å². The van der Waals surface area contributed by atoms with E-state index in [-0.39, 0.29) is 11.6 Å². The average Bonchev–Trinajstić information content (AvgIpc) is 1.82. The lowest BCUT2D eigenvalue weighted by Gasteiger charge is -2.57. The SMILES string of the molecule is COC(=O)N1CCC12CNC2. The number of carbonyl (C=O) groups excluding carboxylic acids is 1. The van der Waals surface area contributed by atoms with Gasteiger partial charge in [0, 0.05) is 19.6 Å². The van der Waals surface area contributed by atoms with Crippen LogP contribution in [0.1, 0.15) is 6.42 Å². The average molecular weight is 156 g/mol. The highest BCUT2D eigenvalue weighted by Crippen LogP contribution is 2.34. The molecule has 2 rings (SSSR count). The molecule has 4 nitrogen and oxygen atoms in total. The van der Waals surface area contributed by atoms with E-state index in [1.165, 1.54) is 7.11 Å². The van der Waals surface area contributed by atoms with Gasteiger partial charge >= 0.3 is 6.09 Å². The summed E-state index contributed by atoms with van der Waals surface area (Å²) in [5.41, 5.74) is 0.132. The standard InChI is InChI=1S/C7H12N2O2/c1-11-6(10)9-3-2-7(9)4-8-5-7/h8H,2-5H2,1H3. The number of methoxy groups -OCH3 is 1. The largest absolute Gasteiger partial charge is 0.453 e. The van der Waals surface area contributed by atoms with E-state index in [4.69, 9.17) is 0 Å². The first-order valence-corrected chi connectivity index (χ1v) is 3.85. The smallest absolute Gasteiger partial charge is 0.410 e. The summed E-state index contributed by atoms with van der Waals surface area (Å²) in [7, 11) is 1.43. The zero-order valence-corrected chi connectivity index (χ0v) is 6.59. The van der Waals surface area contributed by atoms with Gasteiger partial charge in [-0.1, -0.05) is 0 Å². The molecule has 0 unspecified atom stereocenters. The second-order valence-corrected chi connectivity index (χ2v) is 3.20. The molecule has 0 atom stereocenters. The minimum atomic E-state index is -0.183. The molecule has 0 saturated carbocycles. The number of amides is 1. The first-order chi connectivity index (χ1) is 5.28. The summed E-state index contributed by atoms with van der Waals surface area (Å²) in [6.07, 6.45) is 0.938. The Morgan fingerprint density at radius 1 is 1.64 bits per heavy atom. The van der Waals surface area contributed by atoms with Crippen LogP contribution in [0.25, 0.3) is 0 Å². The van der Waals surface area contributed by atoms with Crippen molar-refractivity contribution in [2.45, 2.75) is 12.0 Å². The summed E-state index contributed by atoms with van der Waals surface area (Å²) >= 11 is 0. The van der Waals surface area contributed by atoms with Crippen LogP contribution in [0.4, 0.5) is 4.79 Å². The first-order valence-electron chi connectivity index (χ1n) is 3.85. The molecule has 0 bridgehead atoms. The molecule has 1 amide bonds. The van der Waals surface area contributed by atoms with E-state index < -0.39 is 0 Å². The van der Waals surface area contributed by atoms with Crippen LogP contribution in [0, 0.1) is 0 Å². The van der Waals surface area contributed by atoms with E-state index >= 15 is 0 Å². The van der Waals surface area contributed by atoms with E-state index in [9.17, 15) is 4.79 Å². The molecule has 2 fully saturated rings. The fourth-order valence-corrected chi connectivity index (χ4v) is 1.72. The maximum atomic E-state index is 11.1. The van der Waals surface area contributed by atoms with Crippen molar-refractivity contribution in [2.75, 3.05) is 26.7 Å². The highest BCUT2D eigenvalue weighted by atomic mass is 16.5. The Morgan fingerprint density at radius 2 is 2.36 bits per heavy atom. The molecule has 11 heavy (non-hydrogen) atoms. The van der Waals surface area contributed by atoms with Crippen molar-refractivity contribution < 1.29 is 9.53 Å². The van der Waals surface area contributed by atoms with Gasteiger partial charge in [0.05, 0.1) is 12.6 Å². The zero-order valence-electron chi connectivity index (χ0n) is 6.59. The van der Waals surface area contributed by atoms with Gasteiger partial charge in [-0.25, -0.2) is 4.79 Å². The molecule has 0 aliphatic carbocycles. The van der Waals surface area contributed by atoms with Gasteiger partial charge in [-0.05, 0) is 6.42 Å². The number of nitrogens with zero attached hydrogens (tertiary/aromatic N) is 1. The minimum Gasteiger partial charge on any atom is -0.453 e. The molecule has 4 heteroatoms. The summed E-state index contributed by atoms with van der Waals surface area (Å²) < 4.78 is 4.64. The maximum absolute atomic E-state index is 11.1. The van der Waals surface area contributed by atoms with Crippen molar-refractivity contribution in [3.05, 3.63) is 0 Å². The van der Waals surface area contributed by atoms with Crippen molar-refractivity contribution in [2.24, 2.45) is 0 Å². The maximum Gasteiger partial charge on any atom is 0.410 e.